The Hall–Kier alpha value is 1.42. The highest BCUT2D eigenvalue weighted by Crippen LogP contribution is 2.33. The van der Waals surface area contributed by atoms with Crippen molar-refractivity contribution in [2.24, 2.45) is 17.8 Å². The standard InChI is InChI=1S/C9H18O.I2/c1-6-4-5-9(10)8(3)7(6)2;1-2/h6-10H,4-5H2,1-3H3;. The Morgan fingerprint density at radius 2 is 1.50 bits per heavy atom. The molecule has 4 unspecified atom stereocenters. The second kappa shape index (κ2) is 6.81. The van der Waals surface area contributed by atoms with Gasteiger partial charge in [0.25, 0.3) is 0 Å². The van der Waals surface area contributed by atoms with E-state index in [-0.39, 0.29) is 6.10 Å². The van der Waals surface area contributed by atoms with Crippen LogP contribution in [0.4, 0.5) is 0 Å². The maximum atomic E-state index is 9.47. The van der Waals surface area contributed by atoms with Crippen molar-refractivity contribution in [3.8, 4) is 0 Å². The van der Waals surface area contributed by atoms with Crippen molar-refractivity contribution in [1.82, 2.24) is 0 Å². The van der Waals surface area contributed by atoms with E-state index in [0.717, 1.165) is 12.3 Å². The third-order valence-electron chi connectivity index (χ3n) is 3.25. The second-order valence-corrected chi connectivity index (χ2v) is 3.84. The zero-order valence-electron chi connectivity index (χ0n) is 7.93. The van der Waals surface area contributed by atoms with Gasteiger partial charge in [-0.3, -0.25) is 0 Å². The van der Waals surface area contributed by atoms with Crippen molar-refractivity contribution in [2.45, 2.75) is 39.7 Å². The summed E-state index contributed by atoms with van der Waals surface area (Å²) in [6.45, 7) is 6.69. The maximum absolute atomic E-state index is 9.47. The van der Waals surface area contributed by atoms with E-state index in [4.69, 9.17) is 0 Å². The SMILES string of the molecule is CC1CCC(O)C(C)C1C.II. The first-order valence-electron chi connectivity index (χ1n) is 4.45. The highest BCUT2D eigenvalue weighted by atomic mass is 128. The summed E-state index contributed by atoms with van der Waals surface area (Å²) in [5, 5.41) is 9.47. The van der Waals surface area contributed by atoms with Gasteiger partial charge in [0.15, 0.2) is 0 Å². The maximum Gasteiger partial charge on any atom is 0.0568 e. The minimum atomic E-state index is -0.0359. The molecular formula is C9H18I2O. The molecule has 1 fully saturated rings. The molecule has 0 bridgehead atoms. The van der Waals surface area contributed by atoms with Gasteiger partial charge in [-0.05, 0) is 30.6 Å². The molecule has 1 N–H and O–H groups in total. The number of hydrogen-bond donors (Lipinski definition) is 1. The Morgan fingerprint density at radius 1 is 1.00 bits per heavy atom. The zero-order valence-corrected chi connectivity index (χ0v) is 12.2. The van der Waals surface area contributed by atoms with Crippen LogP contribution >= 0.6 is 37.2 Å². The van der Waals surface area contributed by atoms with Crippen molar-refractivity contribution in [3.63, 3.8) is 0 Å². The molecule has 0 aromatic heterocycles. The predicted molar refractivity (Wildman–Crippen MR) is 70.8 cm³/mol. The molecule has 1 rings (SSSR count). The molecule has 0 amide bonds. The number of aliphatic hydroxyl groups excluding tert-OH is 1. The Morgan fingerprint density at radius 3 is 1.92 bits per heavy atom. The van der Waals surface area contributed by atoms with Gasteiger partial charge in [0.2, 0.25) is 0 Å². The molecule has 0 saturated heterocycles. The van der Waals surface area contributed by atoms with Gasteiger partial charge in [-0.2, -0.15) is 0 Å². The lowest BCUT2D eigenvalue weighted by atomic mass is 9.73. The fourth-order valence-electron chi connectivity index (χ4n) is 1.83. The predicted octanol–water partition coefficient (Wildman–Crippen LogP) is 3.82. The molecule has 0 spiro atoms. The van der Waals surface area contributed by atoms with Gasteiger partial charge in [-0.1, -0.05) is 20.8 Å². The molecule has 1 aliphatic carbocycles. The first-order chi connectivity index (χ1) is 5.63. The van der Waals surface area contributed by atoms with Crippen LogP contribution in [0.1, 0.15) is 33.6 Å². The van der Waals surface area contributed by atoms with E-state index in [1.807, 2.05) is 0 Å². The quantitative estimate of drug-likeness (QED) is 0.618. The van der Waals surface area contributed by atoms with Crippen molar-refractivity contribution >= 4 is 37.2 Å². The van der Waals surface area contributed by atoms with Crippen LogP contribution in [0.15, 0.2) is 0 Å². The normalized spacial score (nSPS) is 41.5. The van der Waals surface area contributed by atoms with Crippen LogP contribution in [0.25, 0.3) is 0 Å². The number of halogens is 2. The Kier molecular flexibility index (Phi) is 7.62. The van der Waals surface area contributed by atoms with Gasteiger partial charge >= 0.3 is 0 Å². The molecule has 12 heavy (non-hydrogen) atoms. The summed E-state index contributed by atoms with van der Waals surface area (Å²) in [6.07, 6.45) is 2.17. The fraction of sp³-hybridized carbons (Fsp3) is 1.00. The van der Waals surface area contributed by atoms with Crippen molar-refractivity contribution in [1.29, 1.82) is 0 Å². The van der Waals surface area contributed by atoms with Crippen molar-refractivity contribution < 1.29 is 5.11 Å². The highest BCUT2D eigenvalue weighted by molar-refractivity contribution is 15.0. The average Bonchev–Trinajstić information content (AvgIpc) is 2.12. The lowest BCUT2D eigenvalue weighted by Crippen LogP contribution is -2.33. The van der Waals surface area contributed by atoms with Crippen LogP contribution in [0.2, 0.25) is 0 Å². The highest BCUT2D eigenvalue weighted by Gasteiger charge is 2.29. The molecule has 4 atom stereocenters. The fourth-order valence-corrected chi connectivity index (χ4v) is 1.83. The Balaban J connectivity index is 0.000000561. The van der Waals surface area contributed by atoms with Crippen molar-refractivity contribution in [3.05, 3.63) is 0 Å². The first-order valence-corrected chi connectivity index (χ1v) is 10.7. The van der Waals surface area contributed by atoms with Gasteiger partial charge in [0, 0.05) is 37.2 Å². The van der Waals surface area contributed by atoms with E-state index in [0.29, 0.717) is 11.8 Å². The third kappa shape index (κ3) is 3.65. The van der Waals surface area contributed by atoms with Crippen LogP contribution in [-0.2, 0) is 0 Å². The topological polar surface area (TPSA) is 20.2 Å². The van der Waals surface area contributed by atoms with E-state index in [2.05, 4.69) is 58.0 Å². The van der Waals surface area contributed by atoms with Crippen LogP contribution in [0.5, 0.6) is 0 Å². The van der Waals surface area contributed by atoms with E-state index in [9.17, 15) is 5.11 Å². The van der Waals surface area contributed by atoms with Gasteiger partial charge in [-0.25, -0.2) is 0 Å². The second-order valence-electron chi connectivity index (χ2n) is 3.84. The van der Waals surface area contributed by atoms with E-state index in [1.165, 1.54) is 6.42 Å². The summed E-state index contributed by atoms with van der Waals surface area (Å²) in [6, 6.07) is 0. The van der Waals surface area contributed by atoms with Gasteiger partial charge in [0.05, 0.1) is 6.10 Å². The lowest BCUT2D eigenvalue weighted by molar-refractivity contribution is 0.0233. The molecule has 1 nitrogen and oxygen atoms in total. The van der Waals surface area contributed by atoms with E-state index >= 15 is 0 Å². The zero-order chi connectivity index (χ0) is 9.72. The summed E-state index contributed by atoms with van der Waals surface area (Å²) in [5.41, 5.74) is 0. The molecule has 0 heterocycles. The molecule has 0 aromatic carbocycles. The van der Waals surface area contributed by atoms with E-state index in [1.54, 1.807) is 0 Å². The van der Waals surface area contributed by atoms with Crippen molar-refractivity contribution in [2.75, 3.05) is 0 Å². The monoisotopic (exact) mass is 396 g/mol. The van der Waals surface area contributed by atoms with Crippen LogP contribution in [0, 0.1) is 17.8 Å². The molecule has 1 saturated carbocycles. The van der Waals surface area contributed by atoms with Gasteiger partial charge in [0.1, 0.15) is 0 Å². The molecule has 3 heteroatoms. The van der Waals surface area contributed by atoms with Crippen LogP contribution in [-0.4, -0.2) is 11.2 Å². The number of rotatable bonds is 0. The van der Waals surface area contributed by atoms with Crippen LogP contribution in [0.3, 0.4) is 0 Å². The van der Waals surface area contributed by atoms with Gasteiger partial charge in [-0.15, -0.1) is 0 Å². The Bertz CT molecular complexity index is 105. The summed E-state index contributed by atoms with van der Waals surface area (Å²) in [7, 11) is 0. The summed E-state index contributed by atoms with van der Waals surface area (Å²) in [4.78, 5) is 0. The molecule has 0 aliphatic heterocycles. The largest absolute Gasteiger partial charge is 0.393 e. The minimum absolute atomic E-state index is 0.0359. The number of hydrogen-bond acceptors (Lipinski definition) is 1. The Labute approximate surface area is 99.0 Å². The smallest absolute Gasteiger partial charge is 0.0568 e. The average molecular weight is 396 g/mol. The third-order valence-corrected chi connectivity index (χ3v) is 3.25. The van der Waals surface area contributed by atoms with E-state index < -0.39 is 0 Å². The molecule has 0 aromatic rings. The summed E-state index contributed by atoms with van der Waals surface area (Å²) < 4.78 is 0. The van der Waals surface area contributed by atoms with Crippen LogP contribution < -0.4 is 0 Å². The summed E-state index contributed by atoms with van der Waals surface area (Å²) in [5.74, 6) is 2.01. The van der Waals surface area contributed by atoms with Gasteiger partial charge < -0.3 is 5.11 Å². The number of aliphatic hydroxyl groups is 1. The molecule has 0 radical (unpaired) electrons. The molecule has 74 valence electrons. The minimum Gasteiger partial charge on any atom is -0.393 e. The molecule has 1 aliphatic rings. The first kappa shape index (κ1) is 13.4. The summed E-state index contributed by atoms with van der Waals surface area (Å²) >= 11 is 4.24. The lowest BCUT2D eigenvalue weighted by Gasteiger charge is -2.35. The molecular weight excluding hydrogens is 378 g/mol.